The van der Waals surface area contributed by atoms with E-state index >= 15 is 0 Å². The smallest absolute Gasteiger partial charge is 0.330 e. The molecule has 0 spiro atoms. The predicted molar refractivity (Wildman–Crippen MR) is 58.4 cm³/mol. The number of esters is 1. The molecule has 2 aliphatic carbocycles. The Labute approximate surface area is 99.9 Å². The average Bonchev–Trinajstić information content (AvgIpc) is 2.82. The molecule has 6 unspecified atom stereocenters. The first kappa shape index (κ1) is 11.2. The maximum Gasteiger partial charge on any atom is 0.330 e. The van der Waals surface area contributed by atoms with Crippen LogP contribution in [-0.4, -0.2) is 31.8 Å². The third kappa shape index (κ3) is 1.34. The van der Waals surface area contributed by atoms with Crippen LogP contribution in [0.1, 0.15) is 13.3 Å². The van der Waals surface area contributed by atoms with Crippen LogP contribution in [0.3, 0.4) is 0 Å². The first-order valence-corrected chi connectivity index (χ1v) is 7.18. The van der Waals surface area contributed by atoms with Gasteiger partial charge >= 0.3 is 5.97 Å². The summed E-state index contributed by atoms with van der Waals surface area (Å²) in [4.78, 5) is 11.3. The molecule has 94 valence electrons. The van der Waals surface area contributed by atoms with Crippen LogP contribution in [0.5, 0.6) is 0 Å². The number of carbonyl (C=O) groups excluding carboxylic acids is 1. The van der Waals surface area contributed by atoms with Crippen LogP contribution in [0.15, 0.2) is 12.7 Å². The van der Waals surface area contributed by atoms with Crippen LogP contribution < -0.4 is 0 Å². The van der Waals surface area contributed by atoms with Gasteiger partial charge in [-0.3, -0.25) is 4.18 Å². The van der Waals surface area contributed by atoms with Crippen molar-refractivity contribution in [2.24, 2.45) is 17.8 Å². The summed E-state index contributed by atoms with van der Waals surface area (Å²) >= 11 is 0. The molecular weight excluding hydrogens is 244 g/mol. The fourth-order valence-corrected chi connectivity index (χ4v) is 5.67. The quantitative estimate of drug-likeness (QED) is 0.409. The van der Waals surface area contributed by atoms with Gasteiger partial charge in [0.15, 0.2) is 0 Å². The molecule has 0 aromatic heterocycles. The lowest BCUT2D eigenvalue weighted by molar-refractivity contribution is -0.146. The van der Waals surface area contributed by atoms with Gasteiger partial charge in [-0.05, 0) is 12.3 Å². The first-order chi connectivity index (χ1) is 7.95. The minimum absolute atomic E-state index is 0.0115. The molecule has 0 N–H and O–H groups in total. The summed E-state index contributed by atoms with van der Waals surface area (Å²) in [7, 11) is -3.58. The number of hydrogen-bond donors (Lipinski definition) is 0. The van der Waals surface area contributed by atoms with E-state index in [2.05, 4.69) is 6.58 Å². The van der Waals surface area contributed by atoms with Gasteiger partial charge in [0.2, 0.25) is 0 Å². The lowest BCUT2D eigenvalue weighted by Crippen LogP contribution is -2.42. The Morgan fingerprint density at radius 3 is 2.82 bits per heavy atom. The molecular formula is C11H14O5S. The second-order valence-corrected chi connectivity index (χ2v) is 6.77. The minimum atomic E-state index is -3.58. The Morgan fingerprint density at radius 2 is 2.18 bits per heavy atom. The van der Waals surface area contributed by atoms with E-state index in [1.54, 1.807) is 0 Å². The van der Waals surface area contributed by atoms with E-state index in [0.29, 0.717) is 0 Å². The monoisotopic (exact) mass is 258 g/mol. The highest BCUT2D eigenvalue weighted by molar-refractivity contribution is 7.87. The fraction of sp³-hybridized carbons (Fsp3) is 0.727. The maximum atomic E-state index is 11.9. The van der Waals surface area contributed by atoms with E-state index in [-0.39, 0.29) is 23.9 Å². The van der Waals surface area contributed by atoms with Crippen LogP contribution in [0.2, 0.25) is 0 Å². The number of carbonyl (C=O) groups is 1. The van der Waals surface area contributed by atoms with Crippen molar-refractivity contribution in [2.75, 3.05) is 0 Å². The summed E-state index contributed by atoms with van der Waals surface area (Å²) < 4.78 is 34.1. The molecule has 5 nitrogen and oxygen atoms in total. The van der Waals surface area contributed by atoms with Crippen molar-refractivity contribution in [3.63, 3.8) is 0 Å². The van der Waals surface area contributed by atoms with Gasteiger partial charge in [0.1, 0.15) is 11.4 Å². The normalized spacial score (nSPS) is 49.2. The van der Waals surface area contributed by atoms with Crippen molar-refractivity contribution in [1.82, 2.24) is 0 Å². The van der Waals surface area contributed by atoms with E-state index in [1.807, 2.05) is 6.92 Å². The van der Waals surface area contributed by atoms with E-state index in [4.69, 9.17) is 8.92 Å². The summed E-state index contributed by atoms with van der Waals surface area (Å²) in [5.74, 6) is -0.358. The minimum Gasteiger partial charge on any atom is -0.457 e. The highest BCUT2D eigenvalue weighted by Gasteiger charge is 2.68. The molecule has 0 radical (unpaired) electrons. The molecule has 0 aromatic carbocycles. The second kappa shape index (κ2) is 3.32. The summed E-state index contributed by atoms with van der Waals surface area (Å²) in [5.41, 5.74) is 0. The van der Waals surface area contributed by atoms with Gasteiger partial charge in [-0.1, -0.05) is 13.5 Å². The lowest BCUT2D eigenvalue weighted by Gasteiger charge is -2.28. The number of hydrogen-bond acceptors (Lipinski definition) is 5. The van der Waals surface area contributed by atoms with Crippen molar-refractivity contribution in [3.05, 3.63) is 12.7 Å². The Morgan fingerprint density at radius 1 is 1.47 bits per heavy atom. The number of ether oxygens (including phenoxy) is 1. The van der Waals surface area contributed by atoms with Crippen molar-refractivity contribution in [3.8, 4) is 0 Å². The summed E-state index contributed by atoms with van der Waals surface area (Å²) in [6, 6.07) is 0. The van der Waals surface area contributed by atoms with Crippen molar-refractivity contribution in [2.45, 2.75) is 30.8 Å². The van der Waals surface area contributed by atoms with Crippen molar-refractivity contribution < 1.29 is 22.1 Å². The molecule has 6 atom stereocenters. The molecule has 2 saturated carbocycles. The Bertz CT molecular complexity index is 482. The summed E-state index contributed by atoms with van der Waals surface area (Å²) in [6.07, 6.45) is 1.06. The second-order valence-electron chi connectivity index (χ2n) is 5.05. The van der Waals surface area contributed by atoms with Crippen molar-refractivity contribution in [1.29, 1.82) is 0 Å². The highest BCUT2D eigenvalue weighted by Crippen LogP contribution is 2.58. The predicted octanol–water partition coefficient (Wildman–Crippen LogP) is 0.467. The molecule has 1 aliphatic heterocycles. The average molecular weight is 258 g/mol. The summed E-state index contributed by atoms with van der Waals surface area (Å²) in [5, 5.41) is -0.669. The van der Waals surface area contributed by atoms with Gasteiger partial charge in [-0.2, -0.15) is 8.42 Å². The molecule has 2 bridgehead atoms. The molecule has 17 heavy (non-hydrogen) atoms. The fourth-order valence-electron chi connectivity index (χ4n) is 3.63. The number of fused-ring (bicyclic) bond motifs is 1. The molecule has 6 heteroatoms. The largest absolute Gasteiger partial charge is 0.457 e. The van der Waals surface area contributed by atoms with Gasteiger partial charge < -0.3 is 4.74 Å². The SMILES string of the molecule is C=CC(=O)OC1C2CC3C(OS(=O)(=O)C31)C2C. The lowest BCUT2D eigenvalue weighted by atomic mass is 9.85. The molecule has 3 fully saturated rings. The van der Waals surface area contributed by atoms with Crippen LogP contribution in [0, 0.1) is 17.8 Å². The van der Waals surface area contributed by atoms with Gasteiger partial charge in [0, 0.05) is 17.9 Å². The van der Waals surface area contributed by atoms with E-state index in [0.717, 1.165) is 12.5 Å². The van der Waals surface area contributed by atoms with Crippen LogP contribution in [0.25, 0.3) is 0 Å². The zero-order valence-corrected chi connectivity index (χ0v) is 10.2. The Kier molecular flexibility index (Phi) is 2.19. The molecule has 0 aromatic rings. The van der Waals surface area contributed by atoms with Gasteiger partial charge in [0.25, 0.3) is 10.1 Å². The van der Waals surface area contributed by atoms with Crippen LogP contribution >= 0.6 is 0 Å². The van der Waals surface area contributed by atoms with E-state index < -0.39 is 27.4 Å². The molecule has 1 heterocycles. The van der Waals surface area contributed by atoms with Gasteiger partial charge in [0.05, 0.1) is 6.10 Å². The number of rotatable bonds is 2. The summed E-state index contributed by atoms with van der Waals surface area (Å²) in [6.45, 7) is 5.29. The zero-order valence-electron chi connectivity index (χ0n) is 9.41. The highest BCUT2D eigenvalue weighted by atomic mass is 32.2. The first-order valence-electron chi connectivity index (χ1n) is 5.71. The molecule has 3 rings (SSSR count). The zero-order chi connectivity index (χ0) is 12.4. The topological polar surface area (TPSA) is 69.7 Å². The van der Waals surface area contributed by atoms with Crippen LogP contribution in [-0.2, 0) is 23.8 Å². The molecule has 3 aliphatic rings. The van der Waals surface area contributed by atoms with Gasteiger partial charge in [-0.25, -0.2) is 4.79 Å². The molecule has 0 amide bonds. The molecule has 1 saturated heterocycles. The van der Waals surface area contributed by atoms with Crippen LogP contribution in [0.4, 0.5) is 0 Å². The Hall–Kier alpha value is -0.880. The maximum absolute atomic E-state index is 11.9. The third-order valence-corrected chi connectivity index (χ3v) is 6.10. The standard InChI is InChI=1S/C11H14O5S/c1-3-8(12)15-10-6-4-7-9(5(6)2)16-17(13,14)11(7)10/h3,5-7,9-11H,1,4H2,2H3. The van der Waals surface area contributed by atoms with E-state index in [1.165, 1.54) is 0 Å². The van der Waals surface area contributed by atoms with Gasteiger partial charge in [-0.15, -0.1) is 0 Å². The Balaban J connectivity index is 1.96. The van der Waals surface area contributed by atoms with E-state index in [9.17, 15) is 13.2 Å². The third-order valence-electron chi connectivity index (χ3n) is 4.33. The van der Waals surface area contributed by atoms with Crippen molar-refractivity contribution >= 4 is 16.1 Å².